The molecule has 4 rings (SSSR count). The van der Waals surface area contributed by atoms with Crippen LogP contribution in [0, 0.1) is 5.41 Å². The molecule has 0 aliphatic carbocycles. The Labute approximate surface area is 243 Å². The van der Waals surface area contributed by atoms with E-state index in [-0.39, 0.29) is 29.8 Å². The van der Waals surface area contributed by atoms with E-state index < -0.39 is 0 Å². The molecule has 1 unspecified atom stereocenters. The van der Waals surface area contributed by atoms with Gasteiger partial charge in [0.1, 0.15) is 11.9 Å². The summed E-state index contributed by atoms with van der Waals surface area (Å²) in [5, 5.41) is 6.24. The second-order valence-corrected chi connectivity index (χ2v) is 12.7. The molecule has 0 spiro atoms. The van der Waals surface area contributed by atoms with Crippen molar-refractivity contribution in [3.63, 3.8) is 0 Å². The lowest BCUT2D eigenvalue weighted by Crippen LogP contribution is -2.29. The van der Waals surface area contributed by atoms with Crippen molar-refractivity contribution in [1.29, 1.82) is 0 Å². The quantitative estimate of drug-likeness (QED) is 0.143. The lowest BCUT2D eigenvalue weighted by Gasteiger charge is -2.25. The fourth-order valence-electron chi connectivity index (χ4n) is 3.77. The van der Waals surface area contributed by atoms with Gasteiger partial charge in [0.15, 0.2) is 11.0 Å². The van der Waals surface area contributed by atoms with Gasteiger partial charge in [-0.2, -0.15) is 0 Å². The molecule has 0 radical (unpaired) electrons. The van der Waals surface area contributed by atoms with Crippen molar-refractivity contribution in [2.24, 2.45) is 10.4 Å². The summed E-state index contributed by atoms with van der Waals surface area (Å²) in [4.78, 5) is 33.5. The molecule has 3 aromatic rings. The number of nitrogens with two attached hydrogens (primary N) is 1. The molecule has 1 aliphatic heterocycles. The lowest BCUT2D eigenvalue weighted by molar-refractivity contribution is -0.116. The molecule has 0 bridgehead atoms. The van der Waals surface area contributed by atoms with Gasteiger partial charge in [-0.25, -0.2) is 4.98 Å². The molecule has 1 atom stereocenters. The summed E-state index contributed by atoms with van der Waals surface area (Å²) in [7, 11) is 0. The highest BCUT2D eigenvalue weighted by Gasteiger charge is 2.31. The summed E-state index contributed by atoms with van der Waals surface area (Å²) in [5.74, 6) is 1.84. The highest BCUT2D eigenvalue weighted by atomic mass is 32.2. The minimum absolute atomic E-state index is 0.0592. The molecule has 212 valence electrons. The minimum Gasteiger partial charge on any atom is -0.494 e. The molecular weight excluding hydrogens is 546 g/mol. The van der Waals surface area contributed by atoms with E-state index in [4.69, 9.17) is 15.2 Å². The number of carbonyl (C=O) groups is 2. The Morgan fingerprint density at radius 1 is 1.12 bits per heavy atom. The number of thiazole rings is 1. The molecule has 0 saturated carbocycles. The van der Waals surface area contributed by atoms with Gasteiger partial charge in [0.05, 0.1) is 47.1 Å². The number of rotatable bonds is 12. The molecule has 4 N–H and O–H groups in total. The highest BCUT2D eigenvalue weighted by molar-refractivity contribution is 8.01. The lowest BCUT2D eigenvalue weighted by atomic mass is 9.89. The van der Waals surface area contributed by atoms with Gasteiger partial charge in [-0.15, -0.1) is 11.8 Å². The van der Waals surface area contributed by atoms with Gasteiger partial charge in [-0.05, 0) is 36.2 Å². The molecule has 40 heavy (non-hydrogen) atoms. The van der Waals surface area contributed by atoms with E-state index in [9.17, 15) is 9.59 Å². The van der Waals surface area contributed by atoms with E-state index in [1.54, 1.807) is 30.1 Å². The minimum atomic E-state index is -0.138. The van der Waals surface area contributed by atoms with Crippen LogP contribution in [0.25, 0.3) is 0 Å². The van der Waals surface area contributed by atoms with Crippen LogP contribution in [-0.4, -0.2) is 47.7 Å². The van der Waals surface area contributed by atoms with Crippen LogP contribution in [0.3, 0.4) is 0 Å². The maximum absolute atomic E-state index is 12.5. The van der Waals surface area contributed by atoms with Crippen LogP contribution in [0.4, 0.5) is 16.5 Å². The van der Waals surface area contributed by atoms with Crippen molar-refractivity contribution in [2.75, 3.05) is 35.3 Å². The van der Waals surface area contributed by atoms with E-state index >= 15 is 0 Å². The molecule has 0 fully saturated rings. The summed E-state index contributed by atoms with van der Waals surface area (Å²) in [5.41, 5.74) is 7.92. The molecule has 2 heterocycles. The number of carbonyl (C=O) groups excluding carboxylic acids is 2. The first kappa shape index (κ1) is 29.4. The first-order chi connectivity index (χ1) is 19.2. The van der Waals surface area contributed by atoms with E-state index in [2.05, 4.69) is 41.4 Å². The molecule has 1 aliphatic rings. The Kier molecular flexibility index (Phi) is 10.1. The Hall–Kier alpha value is -3.57. The largest absolute Gasteiger partial charge is 0.494 e. The third kappa shape index (κ3) is 8.99. The molecular formula is C29H35N5O4S2. The van der Waals surface area contributed by atoms with Crippen LogP contribution < -0.4 is 21.1 Å². The number of nitrogens with zero attached hydrogens (tertiary/aromatic N) is 2. The van der Waals surface area contributed by atoms with Gasteiger partial charge in [-0.3, -0.25) is 14.6 Å². The number of benzene rings is 2. The number of hydrogen-bond donors (Lipinski definition) is 3. The number of hydrogen-bond acceptors (Lipinski definition) is 9. The monoisotopic (exact) mass is 581 g/mol. The van der Waals surface area contributed by atoms with Gasteiger partial charge < -0.3 is 25.8 Å². The van der Waals surface area contributed by atoms with Gasteiger partial charge in [0, 0.05) is 11.8 Å². The van der Waals surface area contributed by atoms with Crippen LogP contribution in [0.1, 0.15) is 39.2 Å². The normalized spacial score (nSPS) is 14.8. The zero-order valence-electron chi connectivity index (χ0n) is 22.9. The molecule has 2 amide bonds. The van der Waals surface area contributed by atoms with Crippen molar-refractivity contribution in [3.8, 4) is 5.75 Å². The maximum atomic E-state index is 12.5. The van der Waals surface area contributed by atoms with Gasteiger partial charge >= 0.3 is 0 Å². The third-order valence-corrected chi connectivity index (χ3v) is 8.18. The summed E-state index contributed by atoms with van der Waals surface area (Å²) in [6, 6.07) is 14.5. The molecule has 11 heteroatoms. The summed E-state index contributed by atoms with van der Waals surface area (Å²) in [6.45, 7) is 7.55. The van der Waals surface area contributed by atoms with Crippen LogP contribution in [0.15, 0.2) is 63.9 Å². The van der Waals surface area contributed by atoms with Gasteiger partial charge in [0.2, 0.25) is 11.8 Å². The first-order valence-corrected chi connectivity index (χ1v) is 14.9. The van der Waals surface area contributed by atoms with E-state index in [0.29, 0.717) is 54.0 Å². The Balaban J connectivity index is 1.13. The predicted molar refractivity (Wildman–Crippen MR) is 162 cm³/mol. The average molecular weight is 582 g/mol. The van der Waals surface area contributed by atoms with Crippen LogP contribution >= 0.6 is 23.1 Å². The summed E-state index contributed by atoms with van der Waals surface area (Å²) >= 11 is 3.03. The van der Waals surface area contributed by atoms with Crippen molar-refractivity contribution < 1.29 is 19.1 Å². The van der Waals surface area contributed by atoms with Crippen molar-refractivity contribution in [2.45, 2.75) is 50.3 Å². The van der Waals surface area contributed by atoms with Crippen molar-refractivity contribution in [1.82, 2.24) is 4.98 Å². The van der Waals surface area contributed by atoms with Gasteiger partial charge in [-0.1, -0.05) is 56.4 Å². The van der Waals surface area contributed by atoms with Crippen LogP contribution in [0.2, 0.25) is 0 Å². The molecule has 1 aromatic heterocycles. The zero-order chi connectivity index (χ0) is 28.5. The third-order valence-electron chi connectivity index (χ3n) is 6.09. The summed E-state index contributed by atoms with van der Waals surface area (Å²) < 4.78 is 12.7. The first-order valence-electron chi connectivity index (χ1n) is 13.1. The fraction of sp³-hybridized carbons (Fsp3) is 0.379. The van der Waals surface area contributed by atoms with E-state index in [0.717, 1.165) is 15.7 Å². The number of aromatic nitrogens is 1. The SMILES string of the molecule is CC(C)(C)C1CN=C(CSc2cnc(NC(=O)Cc3ccc(OCCCC(=O)Nc4ccccc4N)cc3)s2)O1. The standard InChI is InChI=1S/C29H35N5O4S2/c1-29(2,3)23-16-31-26(38-23)18-39-27-17-32-28(40-27)34-25(36)15-19-10-12-20(13-11-19)37-14-6-9-24(35)33-22-8-5-4-7-21(22)30/h4-5,7-8,10-13,17,23H,6,9,14-16,18,30H2,1-3H3,(H,33,35)(H,32,34,36). The number of para-hydroxylation sites is 2. The number of anilines is 3. The molecule has 0 saturated heterocycles. The number of nitrogens with one attached hydrogen (secondary N) is 2. The number of amides is 2. The van der Waals surface area contributed by atoms with Crippen molar-refractivity contribution in [3.05, 3.63) is 60.3 Å². The molecule has 2 aromatic carbocycles. The molecule has 9 nitrogen and oxygen atoms in total. The predicted octanol–water partition coefficient (Wildman–Crippen LogP) is 5.64. The summed E-state index contributed by atoms with van der Waals surface area (Å²) in [6.07, 6.45) is 2.98. The van der Waals surface area contributed by atoms with Crippen LogP contribution in [0.5, 0.6) is 5.75 Å². The number of nitrogen functional groups attached to an aromatic ring is 1. The highest BCUT2D eigenvalue weighted by Crippen LogP contribution is 2.31. The second kappa shape index (κ2) is 13.7. The topological polar surface area (TPSA) is 128 Å². The van der Waals surface area contributed by atoms with Gasteiger partial charge in [0.25, 0.3) is 0 Å². The average Bonchev–Trinajstić information content (AvgIpc) is 3.57. The zero-order valence-corrected chi connectivity index (χ0v) is 24.6. The second-order valence-electron chi connectivity index (χ2n) is 10.4. The Morgan fingerprint density at radius 3 is 2.62 bits per heavy atom. The Bertz CT molecular complexity index is 1330. The number of ether oxygens (including phenoxy) is 2. The van der Waals surface area contributed by atoms with Crippen LogP contribution in [-0.2, 0) is 20.7 Å². The fourth-order valence-corrected chi connectivity index (χ4v) is 5.54. The number of aliphatic imine (C=N–C) groups is 1. The van der Waals surface area contributed by atoms with Crippen molar-refractivity contribution >= 4 is 57.3 Å². The Morgan fingerprint density at radius 2 is 1.90 bits per heavy atom. The smallest absolute Gasteiger partial charge is 0.230 e. The number of thioether (sulfide) groups is 1. The maximum Gasteiger partial charge on any atom is 0.230 e. The van der Waals surface area contributed by atoms with E-state index in [1.807, 2.05) is 36.4 Å². The van der Waals surface area contributed by atoms with E-state index in [1.165, 1.54) is 11.3 Å².